The van der Waals surface area contributed by atoms with E-state index in [2.05, 4.69) is 32.9 Å². The van der Waals surface area contributed by atoms with Gasteiger partial charge in [0, 0.05) is 6.54 Å². The fourth-order valence-electron chi connectivity index (χ4n) is 3.55. The van der Waals surface area contributed by atoms with Gasteiger partial charge < -0.3 is 20.4 Å². The Balaban J connectivity index is 1.42. The predicted molar refractivity (Wildman–Crippen MR) is 128 cm³/mol. The van der Waals surface area contributed by atoms with E-state index in [1.807, 2.05) is 54.6 Å². The third kappa shape index (κ3) is 5.11. The SMILES string of the molecule is COc1ccc2cc(CNC(=O)N[C@@H](CCSC)c3nc4ccccc4[nH]3)ccc2c1. The van der Waals surface area contributed by atoms with Crippen molar-refractivity contribution in [1.82, 2.24) is 20.6 Å². The second-order valence-corrected chi connectivity index (χ2v) is 8.33. The van der Waals surface area contributed by atoms with Crippen LogP contribution in [0.2, 0.25) is 0 Å². The molecular weight excluding hydrogens is 408 g/mol. The van der Waals surface area contributed by atoms with E-state index in [4.69, 9.17) is 4.74 Å². The molecule has 0 radical (unpaired) electrons. The number of fused-ring (bicyclic) bond motifs is 2. The van der Waals surface area contributed by atoms with E-state index in [0.29, 0.717) is 6.54 Å². The summed E-state index contributed by atoms with van der Waals surface area (Å²) in [5, 5.41) is 8.27. The molecule has 2 amide bonds. The first-order chi connectivity index (χ1) is 15.2. The van der Waals surface area contributed by atoms with Crippen LogP contribution in [-0.4, -0.2) is 35.1 Å². The summed E-state index contributed by atoms with van der Waals surface area (Å²) in [5.41, 5.74) is 2.92. The molecule has 0 saturated carbocycles. The van der Waals surface area contributed by atoms with Crippen molar-refractivity contribution in [1.29, 1.82) is 0 Å². The number of hydrogen-bond donors (Lipinski definition) is 3. The van der Waals surface area contributed by atoms with E-state index in [1.54, 1.807) is 18.9 Å². The largest absolute Gasteiger partial charge is 0.497 e. The van der Waals surface area contributed by atoms with Gasteiger partial charge in [-0.1, -0.05) is 30.3 Å². The molecule has 4 aromatic rings. The number of aromatic nitrogens is 2. The lowest BCUT2D eigenvalue weighted by molar-refractivity contribution is 0.236. The quantitative estimate of drug-likeness (QED) is 0.364. The molecule has 31 heavy (non-hydrogen) atoms. The van der Waals surface area contributed by atoms with Gasteiger partial charge in [-0.05, 0) is 65.1 Å². The highest BCUT2D eigenvalue weighted by molar-refractivity contribution is 7.98. The van der Waals surface area contributed by atoms with E-state index < -0.39 is 0 Å². The van der Waals surface area contributed by atoms with Crippen LogP contribution in [0.4, 0.5) is 4.79 Å². The van der Waals surface area contributed by atoms with Crippen LogP contribution in [0.3, 0.4) is 0 Å². The summed E-state index contributed by atoms with van der Waals surface area (Å²) < 4.78 is 5.28. The fourth-order valence-corrected chi connectivity index (χ4v) is 4.02. The topological polar surface area (TPSA) is 79.0 Å². The van der Waals surface area contributed by atoms with Crippen molar-refractivity contribution in [2.75, 3.05) is 19.1 Å². The van der Waals surface area contributed by atoms with Crippen LogP contribution in [0.25, 0.3) is 21.8 Å². The molecule has 0 aliphatic heterocycles. The van der Waals surface area contributed by atoms with Crippen molar-refractivity contribution in [2.24, 2.45) is 0 Å². The number of methoxy groups -OCH3 is 1. The van der Waals surface area contributed by atoms with Crippen molar-refractivity contribution in [3.63, 3.8) is 0 Å². The first kappa shape index (κ1) is 21.1. The van der Waals surface area contributed by atoms with Crippen LogP contribution >= 0.6 is 11.8 Å². The number of imidazole rings is 1. The Morgan fingerprint density at radius 3 is 2.74 bits per heavy atom. The second kappa shape index (κ2) is 9.75. The molecule has 1 heterocycles. The number of carbonyl (C=O) groups excluding carboxylic acids is 1. The van der Waals surface area contributed by atoms with E-state index in [-0.39, 0.29) is 12.1 Å². The number of hydrogen-bond acceptors (Lipinski definition) is 4. The molecule has 3 aromatic carbocycles. The van der Waals surface area contributed by atoms with Gasteiger partial charge in [-0.25, -0.2) is 9.78 Å². The number of ether oxygens (including phenoxy) is 1. The molecule has 0 fully saturated rings. The van der Waals surface area contributed by atoms with Gasteiger partial charge in [0.05, 0.1) is 24.2 Å². The number of thioether (sulfide) groups is 1. The molecule has 0 aliphatic carbocycles. The maximum atomic E-state index is 12.6. The summed E-state index contributed by atoms with van der Waals surface area (Å²) >= 11 is 1.75. The zero-order chi connectivity index (χ0) is 21.6. The summed E-state index contributed by atoms with van der Waals surface area (Å²) in [6, 6.07) is 19.6. The minimum atomic E-state index is -0.207. The average molecular weight is 435 g/mol. The summed E-state index contributed by atoms with van der Waals surface area (Å²) in [6.07, 6.45) is 2.86. The summed E-state index contributed by atoms with van der Waals surface area (Å²) in [4.78, 5) is 20.6. The van der Waals surface area contributed by atoms with Crippen LogP contribution < -0.4 is 15.4 Å². The standard InChI is InChI=1S/C24H26N4O2S/c1-30-19-10-9-17-13-16(7-8-18(17)14-19)15-25-24(29)28-22(11-12-31-2)23-26-20-5-3-4-6-21(20)27-23/h3-10,13-14,22H,11-12,15H2,1-2H3,(H,26,27)(H2,25,28,29)/t22-/m0/s1. The van der Waals surface area contributed by atoms with Gasteiger partial charge in [0.2, 0.25) is 0 Å². The number of nitrogens with zero attached hydrogens (tertiary/aromatic N) is 1. The molecule has 7 heteroatoms. The second-order valence-electron chi connectivity index (χ2n) is 7.35. The molecule has 1 atom stereocenters. The number of H-pyrrole nitrogens is 1. The lowest BCUT2D eigenvalue weighted by Gasteiger charge is -2.17. The van der Waals surface area contributed by atoms with Crippen LogP contribution in [-0.2, 0) is 6.54 Å². The highest BCUT2D eigenvalue weighted by Crippen LogP contribution is 2.22. The number of carbonyl (C=O) groups is 1. The normalized spacial score (nSPS) is 12.1. The van der Waals surface area contributed by atoms with Crippen molar-refractivity contribution in [3.05, 3.63) is 72.1 Å². The third-order valence-electron chi connectivity index (χ3n) is 5.22. The van der Waals surface area contributed by atoms with Crippen LogP contribution in [0, 0.1) is 0 Å². The minimum Gasteiger partial charge on any atom is -0.497 e. The van der Waals surface area contributed by atoms with Crippen molar-refractivity contribution < 1.29 is 9.53 Å². The molecule has 3 N–H and O–H groups in total. The van der Waals surface area contributed by atoms with Crippen LogP contribution in [0.1, 0.15) is 23.9 Å². The Bertz CT molecular complexity index is 1160. The molecule has 4 rings (SSSR count). The Labute approximate surface area is 185 Å². The smallest absolute Gasteiger partial charge is 0.315 e. The Hall–Kier alpha value is -3.19. The van der Waals surface area contributed by atoms with Crippen LogP contribution in [0.5, 0.6) is 5.75 Å². The minimum absolute atomic E-state index is 0.177. The average Bonchev–Trinajstić information content (AvgIpc) is 3.24. The van der Waals surface area contributed by atoms with Crippen molar-refractivity contribution in [3.8, 4) is 5.75 Å². The van der Waals surface area contributed by atoms with E-state index >= 15 is 0 Å². The number of aromatic amines is 1. The summed E-state index contributed by atoms with van der Waals surface area (Å²) in [6.45, 7) is 0.448. The molecule has 0 unspecified atom stereocenters. The highest BCUT2D eigenvalue weighted by Gasteiger charge is 2.18. The highest BCUT2D eigenvalue weighted by atomic mass is 32.2. The zero-order valence-electron chi connectivity index (χ0n) is 17.6. The van der Waals surface area contributed by atoms with Gasteiger partial charge in [0.1, 0.15) is 11.6 Å². The third-order valence-corrected chi connectivity index (χ3v) is 5.86. The number of para-hydroxylation sites is 2. The monoisotopic (exact) mass is 434 g/mol. The zero-order valence-corrected chi connectivity index (χ0v) is 18.5. The van der Waals surface area contributed by atoms with E-state index in [9.17, 15) is 4.79 Å². The van der Waals surface area contributed by atoms with E-state index in [1.165, 1.54) is 0 Å². The van der Waals surface area contributed by atoms with Crippen LogP contribution in [0.15, 0.2) is 60.7 Å². The Kier molecular flexibility index (Phi) is 6.62. The van der Waals surface area contributed by atoms with Crippen molar-refractivity contribution in [2.45, 2.75) is 19.0 Å². The molecule has 0 spiro atoms. The summed E-state index contributed by atoms with van der Waals surface area (Å²) in [7, 11) is 1.66. The number of rotatable bonds is 8. The van der Waals surface area contributed by atoms with Gasteiger partial charge in [0.25, 0.3) is 0 Å². The van der Waals surface area contributed by atoms with Gasteiger partial charge >= 0.3 is 6.03 Å². The number of amides is 2. The first-order valence-corrected chi connectivity index (χ1v) is 11.6. The van der Waals surface area contributed by atoms with Gasteiger partial charge in [0.15, 0.2) is 0 Å². The van der Waals surface area contributed by atoms with Gasteiger partial charge in [-0.3, -0.25) is 0 Å². The first-order valence-electron chi connectivity index (χ1n) is 10.2. The maximum Gasteiger partial charge on any atom is 0.315 e. The Morgan fingerprint density at radius 1 is 1.13 bits per heavy atom. The molecule has 1 aromatic heterocycles. The van der Waals surface area contributed by atoms with Crippen molar-refractivity contribution >= 4 is 39.6 Å². The molecule has 0 bridgehead atoms. The number of urea groups is 1. The Morgan fingerprint density at radius 2 is 1.94 bits per heavy atom. The lowest BCUT2D eigenvalue weighted by Crippen LogP contribution is -2.38. The fraction of sp³-hybridized carbons (Fsp3) is 0.250. The van der Waals surface area contributed by atoms with Gasteiger partial charge in [-0.2, -0.15) is 11.8 Å². The molecule has 160 valence electrons. The summed E-state index contributed by atoms with van der Waals surface area (Å²) in [5.74, 6) is 2.54. The number of benzene rings is 3. The maximum absolute atomic E-state index is 12.6. The lowest BCUT2D eigenvalue weighted by atomic mass is 10.1. The molecule has 0 aliphatic rings. The van der Waals surface area contributed by atoms with E-state index in [0.717, 1.165) is 51.1 Å². The molecule has 0 saturated heterocycles. The van der Waals surface area contributed by atoms with Gasteiger partial charge in [-0.15, -0.1) is 0 Å². The predicted octanol–water partition coefficient (Wildman–Crippen LogP) is 5.02. The number of nitrogens with one attached hydrogen (secondary N) is 3. The molecule has 6 nitrogen and oxygen atoms in total. The molecular formula is C24H26N4O2S.